The summed E-state index contributed by atoms with van der Waals surface area (Å²) in [7, 11) is 0. The van der Waals surface area contributed by atoms with E-state index in [1.165, 1.54) is 12.1 Å². The molecule has 2 aromatic carbocycles. The van der Waals surface area contributed by atoms with E-state index in [1.807, 2.05) is 6.92 Å². The predicted molar refractivity (Wildman–Crippen MR) is 107 cm³/mol. The van der Waals surface area contributed by atoms with Crippen molar-refractivity contribution in [1.82, 2.24) is 0 Å². The zero-order valence-corrected chi connectivity index (χ0v) is 16.7. The van der Waals surface area contributed by atoms with E-state index in [9.17, 15) is 14.4 Å². The molecule has 0 saturated heterocycles. The summed E-state index contributed by atoms with van der Waals surface area (Å²) in [6, 6.07) is 10.9. The Bertz CT molecular complexity index is 852. The molecule has 2 aromatic rings. The molecule has 28 heavy (non-hydrogen) atoms. The van der Waals surface area contributed by atoms with Crippen molar-refractivity contribution in [3.63, 3.8) is 0 Å². The predicted octanol–water partition coefficient (Wildman–Crippen LogP) is 4.54. The number of hydrogen-bond donors (Lipinski definition) is 1. The van der Waals surface area contributed by atoms with Crippen molar-refractivity contribution >= 4 is 46.5 Å². The summed E-state index contributed by atoms with van der Waals surface area (Å²) in [4.78, 5) is 35.4. The molecule has 6 nitrogen and oxygen atoms in total. The molecule has 0 saturated carbocycles. The second-order valence-corrected chi connectivity index (χ2v) is 6.67. The average Bonchev–Trinajstić information content (AvgIpc) is 2.66. The molecule has 0 aromatic heterocycles. The first-order valence-electron chi connectivity index (χ1n) is 8.55. The van der Waals surface area contributed by atoms with Gasteiger partial charge in [0, 0.05) is 22.7 Å². The quantitative estimate of drug-likeness (QED) is 0.472. The number of carbonyl (C=O) groups excluding carboxylic acids is 3. The fourth-order valence-corrected chi connectivity index (χ4v) is 2.65. The third-order valence-electron chi connectivity index (χ3n) is 3.57. The minimum atomic E-state index is -0.706. The molecule has 0 radical (unpaired) electrons. The molecule has 148 valence electrons. The van der Waals surface area contributed by atoms with Crippen LogP contribution in [0.4, 0.5) is 5.69 Å². The lowest BCUT2D eigenvalue weighted by atomic mass is 10.1. The van der Waals surface area contributed by atoms with Crippen LogP contribution < -0.4 is 10.1 Å². The topological polar surface area (TPSA) is 81.7 Å². The van der Waals surface area contributed by atoms with Crippen LogP contribution in [0.25, 0.3) is 0 Å². The first-order chi connectivity index (χ1) is 13.4. The Morgan fingerprint density at radius 2 is 1.71 bits per heavy atom. The van der Waals surface area contributed by atoms with E-state index in [0.29, 0.717) is 22.7 Å². The number of carbonyl (C=O) groups is 3. The molecule has 1 N–H and O–H groups in total. The van der Waals surface area contributed by atoms with Crippen LogP contribution in [0.15, 0.2) is 42.5 Å². The van der Waals surface area contributed by atoms with Crippen molar-refractivity contribution in [2.75, 3.05) is 18.5 Å². The summed E-state index contributed by atoms with van der Waals surface area (Å²) < 4.78 is 10.2. The molecule has 0 aliphatic rings. The Kier molecular flexibility index (Phi) is 8.29. The molecule has 8 heteroatoms. The third kappa shape index (κ3) is 6.87. The van der Waals surface area contributed by atoms with Gasteiger partial charge in [-0.2, -0.15) is 0 Å². The van der Waals surface area contributed by atoms with E-state index in [4.69, 9.17) is 32.7 Å². The number of nitrogens with one attached hydrogen (secondary N) is 1. The smallest absolute Gasteiger partial charge is 0.344 e. The van der Waals surface area contributed by atoms with E-state index < -0.39 is 19.2 Å². The van der Waals surface area contributed by atoms with Gasteiger partial charge in [0.15, 0.2) is 19.0 Å². The highest BCUT2D eigenvalue weighted by Gasteiger charge is 2.12. The van der Waals surface area contributed by atoms with Crippen LogP contribution in [0.5, 0.6) is 5.75 Å². The fraction of sp³-hybridized carbons (Fsp3) is 0.250. The number of esters is 1. The minimum Gasteiger partial charge on any atom is -0.480 e. The third-order valence-corrected chi connectivity index (χ3v) is 4.10. The number of ketones is 1. The second-order valence-electron chi connectivity index (χ2n) is 5.82. The van der Waals surface area contributed by atoms with E-state index in [0.717, 1.165) is 6.42 Å². The van der Waals surface area contributed by atoms with Crippen LogP contribution in [0.3, 0.4) is 0 Å². The standard InChI is InChI=1S/C20H19Cl2NO5/c1-2-3-19(25)23-15-7-4-13(5-8-15)17(24)11-28-20(26)12-27-18-9-6-14(21)10-16(18)22/h4-10H,2-3,11-12H2,1H3,(H,23,25). The summed E-state index contributed by atoms with van der Waals surface area (Å²) in [6.07, 6.45) is 1.18. The first-order valence-corrected chi connectivity index (χ1v) is 9.31. The summed E-state index contributed by atoms with van der Waals surface area (Å²) >= 11 is 11.7. The van der Waals surface area contributed by atoms with Crippen LogP contribution in [0.2, 0.25) is 10.0 Å². The number of anilines is 1. The van der Waals surface area contributed by atoms with Gasteiger partial charge < -0.3 is 14.8 Å². The van der Waals surface area contributed by atoms with E-state index >= 15 is 0 Å². The molecule has 0 spiro atoms. The summed E-state index contributed by atoms with van der Waals surface area (Å²) in [6.45, 7) is 1.10. The number of amides is 1. The van der Waals surface area contributed by atoms with Gasteiger partial charge in [-0.25, -0.2) is 4.79 Å². The van der Waals surface area contributed by atoms with Crippen molar-refractivity contribution in [2.45, 2.75) is 19.8 Å². The number of ether oxygens (including phenoxy) is 2. The Labute approximate surface area is 172 Å². The highest BCUT2D eigenvalue weighted by Crippen LogP contribution is 2.27. The second kappa shape index (κ2) is 10.7. The normalized spacial score (nSPS) is 10.2. The maximum atomic E-state index is 12.1. The zero-order chi connectivity index (χ0) is 20.5. The lowest BCUT2D eigenvalue weighted by Crippen LogP contribution is -2.19. The minimum absolute atomic E-state index is 0.0868. The molecule has 2 rings (SSSR count). The van der Waals surface area contributed by atoms with E-state index in [1.54, 1.807) is 30.3 Å². The van der Waals surface area contributed by atoms with Gasteiger partial charge >= 0.3 is 5.97 Å². The molecule has 0 heterocycles. The highest BCUT2D eigenvalue weighted by molar-refractivity contribution is 6.35. The summed E-state index contributed by atoms with van der Waals surface area (Å²) in [5.41, 5.74) is 0.961. The van der Waals surface area contributed by atoms with Crippen LogP contribution in [-0.2, 0) is 14.3 Å². The van der Waals surface area contributed by atoms with Gasteiger partial charge in [0.1, 0.15) is 5.75 Å². The molecule has 0 aliphatic heterocycles. The van der Waals surface area contributed by atoms with Gasteiger partial charge in [-0.05, 0) is 48.9 Å². The Morgan fingerprint density at radius 1 is 1.00 bits per heavy atom. The van der Waals surface area contributed by atoms with Gasteiger partial charge in [0.2, 0.25) is 5.91 Å². The molecular formula is C20H19Cl2NO5. The highest BCUT2D eigenvalue weighted by atomic mass is 35.5. The molecule has 0 aliphatic carbocycles. The molecule has 0 fully saturated rings. The maximum absolute atomic E-state index is 12.1. The van der Waals surface area contributed by atoms with E-state index in [-0.39, 0.29) is 22.5 Å². The first kappa shape index (κ1) is 21.7. The van der Waals surface area contributed by atoms with Gasteiger partial charge in [-0.1, -0.05) is 30.1 Å². The van der Waals surface area contributed by atoms with Crippen molar-refractivity contribution in [3.05, 3.63) is 58.1 Å². The monoisotopic (exact) mass is 423 g/mol. The Hall–Kier alpha value is -2.57. The van der Waals surface area contributed by atoms with Crippen LogP contribution in [-0.4, -0.2) is 30.9 Å². The Morgan fingerprint density at radius 3 is 2.36 bits per heavy atom. The van der Waals surface area contributed by atoms with Crippen molar-refractivity contribution < 1.29 is 23.9 Å². The molecular weight excluding hydrogens is 405 g/mol. The number of hydrogen-bond acceptors (Lipinski definition) is 5. The number of Topliss-reactive ketones (excluding diaryl/α,β-unsaturated/α-hetero) is 1. The lowest BCUT2D eigenvalue weighted by Gasteiger charge is -2.09. The van der Waals surface area contributed by atoms with Crippen LogP contribution in [0.1, 0.15) is 30.1 Å². The fourth-order valence-electron chi connectivity index (χ4n) is 2.19. The number of rotatable bonds is 9. The molecule has 1 amide bonds. The average molecular weight is 424 g/mol. The van der Waals surface area contributed by atoms with Gasteiger partial charge in [0.25, 0.3) is 0 Å². The van der Waals surface area contributed by atoms with Gasteiger partial charge in [-0.15, -0.1) is 0 Å². The maximum Gasteiger partial charge on any atom is 0.344 e. The Balaban J connectivity index is 1.79. The number of halogens is 2. The molecule has 0 atom stereocenters. The van der Waals surface area contributed by atoms with Crippen molar-refractivity contribution in [1.29, 1.82) is 0 Å². The zero-order valence-electron chi connectivity index (χ0n) is 15.2. The largest absolute Gasteiger partial charge is 0.480 e. The van der Waals surface area contributed by atoms with Gasteiger partial charge in [0.05, 0.1) is 5.02 Å². The van der Waals surface area contributed by atoms with Crippen LogP contribution in [0, 0.1) is 0 Å². The lowest BCUT2D eigenvalue weighted by molar-refractivity contribution is -0.144. The molecule has 0 bridgehead atoms. The summed E-state index contributed by atoms with van der Waals surface area (Å²) in [5.74, 6) is -0.876. The summed E-state index contributed by atoms with van der Waals surface area (Å²) in [5, 5.41) is 3.44. The van der Waals surface area contributed by atoms with Crippen LogP contribution >= 0.6 is 23.2 Å². The molecule has 0 unspecified atom stereocenters. The van der Waals surface area contributed by atoms with E-state index in [2.05, 4.69) is 5.32 Å². The van der Waals surface area contributed by atoms with Gasteiger partial charge in [-0.3, -0.25) is 9.59 Å². The van der Waals surface area contributed by atoms with Crippen molar-refractivity contribution in [2.24, 2.45) is 0 Å². The SMILES string of the molecule is CCCC(=O)Nc1ccc(C(=O)COC(=O)COc2ccc(Cl)cc2Cl)cc1. The van der Waals surface area contributed by atoms with Crippen molar-refractivity contribution in [3.8, 4) is 5.75 Å². The number of benzene rings is 2.